The zero-order chi connectivity index (χ0) is 15.1. The van der Waals surface area contributed by atoms with Gasteiger partial charge >= 0.3 is 0 Å². The maximum Gasteiger partial charge on any atom is 0.244 e. The van der Waals surface area contributed by atoms with Crippen LogP contribution in [0.25, 0.3) is 0 Å². The van der Waals surface area contributed by atoms with Gasteiger partial charge in [0.05, 0.1) is 5.69 Å². The number of aromatic nitrogens is 3. The van der Waals surface area contributed by atoms with Gasteiger partial charge < -0.3 is 9.84 Å². The molecule has 9 heteroatoms. The Labute approximate surface area is 123 Å². The molecule has 0 unspecified atom stereocenters. The summed E-state index contributed by atoms with van der Waals surface area (Å²) in [6.45, 7) is 2.88. The maximum absolute atomic E-state index is 12.3. The smallest absolute Gasteiger partial charge is 0.244 e. The molecule has 0 atom stereocenters. The molecule has 0 bridgehead atoms. The van der Waals surface area contributed by atoms with E-state index in [-0.39, 0.29) is 11.4 Å². The second-order valence-electron chi connectivity index (χ2n) is 4.29. The average molecular weight is 311 g/mol. The van der Waals surface area contributed by atoms with Gasteiger partial charge in [0.2, 0.25) is 16.4 Å². The lowest BCUT2D eigenvalue weighted by molar-refractivity contribution is 0.410. The highest BCUT2D eigenvalue weighted by molar-refractivity contribution is 7.89. The van der Waals surface area contributed by atoms with Gasteiger partial charge in [-0.1, -0.05) is 12.1 Å². The van der Waals surface area contributed by atoms with Crippen molar-refractivity contribution in [3.8, 4) is 0 Å². The van der Waals surface area contributed by atoms with Gasteiger partial charge in [0.15, 0.2) is 5.82 Å². The first-order chi connectivity index (χ1) is 10.1. The van der Waals surface area contributed by atoms with Crippen LogP contribution in [-0.4, -0.2) is 36.6 Å². The lowest BCUT2D eigenvalue weighted by Gasteiger charge is -2.11. The molecular formula is C12H17N5O3S. The Morgan fingerprint density at radius 2 is 2.19 bits per heavy atom. The fourth-order valence-corrected chi connectivity index (χ4v) is 2.83. The Hall–Kier alpha value is -2.00. The van der Waals surface area contributed by atoms with Crippen LogP contribution in [0.1, 0.15) is 19.2 Å². The minimum absolute atomic E-state index is 0.131. The van der Waals surface area contributed by atoms with Crippen LogP contribution >= 0.6 is 0 Å². The van der Waals surface area contributed by atoms with Crippen molar-refractivity contribution in [2.45, 2.75) is 24.7 Å². The summed E-state index contributed by atoms with van der Waals surface area (Å²) in [7, 11) is -3.64. The maximum atomic E-state index is 12.3. The summed E-state index contributed by atoms with van der Waals surface area (Å²) in [4.78, 5) is 7.84. The van der Waals surface area contributed by atoms with Crippen molar-refractivity contribution < 1.29 is 12.9 Å². The van der Waals surface area contributed by atoms with E-state index in [0.717, 1.165) is 6.42 Å². The van der Waals surface area contributed by atoms with Crippen LogP contribution in [0.2, 0.25) is 0 Å². The molecule has 2 rings (SSSR count). The van der Waals surface area contributed by atoms with Crippen LogP contribution in [-0.2, 0) is 16.4 Å². The van der Waals surface area contributed by atoms with Crippen LogP contribution in [0.4, 0.5) is 5.69 Å². The SMILES string of the molecule is CCCNc1ccncc1S(=O)(=O)NCCc1ncon1. The van der Waals surface area contributed by atoms with Crippen molar-refractivity contribution in [2.24, 2.45) is 0 Å². The zero-order valence-electron chi connectivity index (χ0n) is 11.6. The molecule has 0 aliphatic carbocycles. The highest BCUT2D eigenvalue weighted by atomic mass is 32.2. The van der Waals surface area contributed by atoms with Crippen LogP contribution < -0.4 is 10.0 Å². The Balaban J connectivity index is 2.04. The number of rotatable bonds is 8. The van der Waals surface area contributed by atoms with Crippen LogP contribution in [0.15, 0.2) is 34.3 Å². The summed E-state index contributed by atoms with van der Waals surface area (Å²) in [5.74, 6) is 0.452. The summed E-state index contributed by atoms with van der Waals surface area (Å²) >= 11 is 0. The van der Waals surface area contributed by atoms with Crippen molar-refractivity contribution in [3.63, 3.8) is 0 Å². The zero-order valence-corrected chi connectivity index (χ0v) is 12.4. The van der Waals surface area contributed by atoms with Gasteiger partial charge in [-0.05, 0) is 12.5 Å². The summed E-state index contributed by atoms with van der Waals surface area (Å²) < 4.78 is 31.7. The number of nitrogens with one attached hydrogen (secondary N) is 2. The highest BCUT2D eigenvalue weighted by Gasteiger charge is 2.18. The number of sulfonamides is 1. The second-order valence-corrected chi connectivity index (χ2v) is 6.03. The lowest BCUT2D eigenvalue weighted by Crippen LogP contribution is -2.27. The first-order valence-electron chi connectivity index (χ1n) is 6.56. The molecule has 2 N–H and O–H groups in total. The molecule has 0 aliphatic rings. The third-order valence-corrected chi connectivity index (χ3v) is 4.18. The first kappa shape index (κ1) is 15.4. The van der Waals surface area contributed by atoms with Crippen LogP contribution in [0.3, 0.4) is 0 Å². The minimum Gasteiger partial charge on any atom is -0.384 e. The molecule has 2 aromatic rings. The van der Waals surface area contributed by atoms with Gasteiger partial charge in [-0.15, -0.1) is 0 Å². The van der Waals surface area contributed by atoms with Gasteiger partial charge in [0.1, 0.15) is 4.90 Å². The fraction of sp³-hybridized carbons (Fsp3) is 0.417. The highest BCUT2D eigenvalue weighted by Crippen LogP contribution is 2.19. The van der Waals surface area contributed by atoms with Crippen molar-refractivity contribution >= 4 is 15.7 Å². The fourth-order valence-electron chi connectivity index (χ4n) is 1.68. The molecule has 0 fully saturated rings. The molecule has 21 heavy (non-hydrogen) atoms. The average Bonchev–Trinajstić information content (AvgIpc) is 2.98. The molecule has 2 aromatic heterocycles. The predicted molar refractivity (Wildman–Crippen MR) is 76.2 cm³/mol. The standard InChI is InChI=1S/C12H17N5O3S/c1-2-5-14-10-3-6-13-8-11(10)21(18,19)16-7-4-12-15-9-20-17-12/h3,6,8-9,16H,2,4-5,7H2,1H3,(H,13,14). The van der Waals surface area contributed by atoms with E-state index >= 15 is 0 Å². The summed E-state index contributed by atoms with van der Waals surface area (Å²) in [6, 6.07) is 1.64. The molecule has 0 aromatic carbocycles. The van der Waals surface area contributed by atoms with Gasteiger partial charge in [0, 0.05) is 31.9 Å². The lowest BCUT2D eigenvalue weighted by atomic mass is 10.4. The molecule has 0 aliphatic heterocycles. The number of nitrogens with zero attached hydrogens (tertiary/aromatic N) is 3. The molecular weight excluding hydrogens is 294 g/mol. The molecule has 8 nitrogen and oxygen atoms in total. The van der Waals surface area contributed by atoms with E-state index in [2.05, 4.69) is 29.7 Å². The molecule has 0 saturated heterocycles. The first-order valence-corrected chi connectivity index (χ1v) is 8.04. The molecule has 0 spiro atoms. The third-order valence-electron chi connectivity index (χ3n) is 2.69. The molecule has 0 amide bonds. The monoisotopic (exact) mass is 311 g/mol. The Morgan fingerprint density at radius 1 is 1.33 bits per heavy atom. The minimum atomic E-state index is -3.64. The van der Waals surface area contributed by atoms with Gasteiger partial charge in [-0.25, -0.2) is 13.1 Å². The predicted octanol–water partition coefficient (Wildman–Crippen LogP) is 0.807. The molecule has 114 valence electrons. The summed E-state index contributed by atoms with van der Waals surface area (Å²) in [5, 5.41) is 6.70. The van der Waals surface area contributed by atoms with Crippen LogP contribution in [0.5, 0.6) is 0 Å². The van der Waals surface area contributed by atoms with Crippen molar-refractivity contribution in [3.05, 3.63) is 30.7 Å². The number of pyridine rings is 1. The summed E-state index contributed by atoms with van der Waals surface area (Å²) in [6.07, 6.45) is 5.34. The molecule has 2 heterocycles. The molecule has 0 radical (unpaired) electrons. The van der Waals surface area contributed by atoms with Crippen molar-refractivity contribution in [2.75, 3.05) is 18.4 Å². The van der Waals surface area contributed by atoms with Crippen LogP contribution in [0, 0.1) is 0 Å². The van der Waals surface area contributed by atoms with E-state index in [1.807, 2.05) is 6.92 Å². The van der Waals surface area contributed by atoms with E-state index < -0.39 is 10.0 Å². The van der Waals surface area contributed by atoms with E-state index in [4.69, 9.17) is 0 Å². The Kier molecular flexibility index (Phi) is 5.23. The normalized spacial score (nSPS) is 11.5. The van der Waals surface area contributed by atoms with E-state index in [1.165, 1.54) is 12.6 Å². The topological polar surface area (TPSA) is 110 Å². The van der Waals surface area contributed by atoms with E-state index in [0.29, 0.717) is 24.5 Å². The quantitative estimate of drug-likeness (QED) is 0.742. The number of hydrogen-bond donors (Lipinski definition) is 2. The third kappa shape index (κ3) is 4.23. The number of anilines is 1. The van der Waals surface area contributed by atoms with Crippen molar-refractivity contribution in [1.82, 2.24) is 19.8 Å². The van der Waals surface area contributed by atoms with Gasteiger partial charge in [0.25, 0.3) is 0 Å². The molecule has 0 saturated carbocycles. The van der Waals surface area contributed by atoms with E-state index in [1.54, 1.807) is 12.3 Å². The van der Waals surface area contributed by atoms with Gasteiger partial charge in [-0.3, -0.25) is 4.98 Å². The second kappa shape index (κ2) is 7.14. The number of hydrogen-bond acceptors (Lipinski definition) is 7. The van der Waals surface area contributed by atoms with Crippen molar-refractivity contribution in [1.29, 1.82) is 0 Å². The Bertz CT molecular complexity index is 657. The largest absolute Gasteiger partial charge is 0.384 e. The van der Waals surface area contributed by atoms with Gasteiger partial charge in [-0.2, -0.15) is 4.98 Å². The van der Waals surface area contributed by atoms with E-state index in [9.17, 15) is 8.42 Å². The summed E-state index contributed by atoms with van der Waals surface area (Å²) in [5.41, 5.74) is 0.541. The Morgan fingerprint density at radius 3 is 2.90 bits per heavy atom.